The number of hydrogen-bond donors (Lipinski definition) is 3. The number of hydrogen-bond acceptors (Lipinski definition) is 5. The van der Waals surface area contributed by atoms with Crippen molar-refractivity contribution in [3.8, 4) is 0 Å². The molecule has 0 aliphatic heterocycles. The van der Waals surface area contributed by atoms with Crippen molar-refractivity contribution >= 4 is 40.4 Å². The molecule has 5 nitrogen and oxygen atoms in total. The molecule has 23 heavy (non-hydrogen) atoms. The Morgan fingerprint density at radius 1 is 1.26 bits per heavy atom. The molecule has 0 aliphatic carbocycles. The number of aliphatic hydroxyl groups is 1. The second-order valence-electron chi connectivity index (χ2n) is 4.83. The van der Waals surface area contributed by atoms with E-state index in [0.717, 1.165) is 16.3 Å². The van der Waals surface area contributed by atoms with Crippen LogP contribution in [0.1, 0.15) is 16.3 Å². The normalized spacial score (nSPS) is 10.7. The Bertz CT molecular complexity index is 664. The van der Waals surface area contributed by atoms with E-state index in [1.165, 1.54) is 11.3 Å². The SMILES string of the molecule is O=C(Cc1nc(CNCCO)cs1)NCc1ccc(Cl)c(Cl)c1. The number of rotatable bonds is 8. The minimum Gasteiger partial charge on any atom is -0.395 e. The Kier molecular flexibility index (Phi) is 7.26. The van der Waals surface area contributed by atoms with Crippen LogP contribution in [0.3, 0.4) is 0 Å². The van der Waals surface area contributed by atoms with Crippen molar-refractivity contribution in [1.82, 2.24) is 15.6 Å². The monoisotopic (exact) mass is 373 g/mol. The maximum absolute atomic E-state index is 12.0. The number of aliphatic hydroxyl groups excluding tert-OH is 1. The lowest BCUT2D eigenvalue weighted by Crippen LogP contribution is -2.24. The van der Waals surface area contributed by atoms with Crippen molar-refractivity contribution in [3.05, 3.63) is 49.9 Å². The molecule has 3 N–H and O–H groups in total. The predicted molar refractivity (Wildman–Crippen MR) is 92.9 cm³/mol. The van der Waals surface area contributed by atoms with Gasteiger partial charge in [0.05, 0.1) is 28.8 Å². The molecule has 1 heterocycles. The van der Waals surface area contributed by atoms with E-state index >= 15 is 0 Å². The minimum atomic E-state index is -0.0970. The topological polar surface area (TPSA) is 74.2 Å². The summed E-state index contributed by atoms with van der Waals surface area (Å²) < 4.78 is 0. The van der Waals surface area contributed by atoms with Crippen molar-refractivity contribution in [3.63, 3.8) is 0 Å². The van der Waals surface area contributed by atoms with Gasteiger partial charge in [0.1, 0.15) is 5.01 Å². The Morgan fingerprint density at radius 2 is 2.09 bits per heavy atom. The standard InChI is InChI=1S/C15H17Cl2N3O2S/c16-12-2-1-10(5-13(12)17)7-19-14(22)6-15-20-11(9-23-15)8-18-3-4-21/h1-2,5,9,18,21H,3-4,6-8H2,(H,19,22). The lowest BCUT2D eigenvalue weighted by Gasteiger charge is -2.05. The van der Waals surface area contributed by atoms with Gasteiger partial charge in [-0.1, -0.05) is 29.3 Å². The fraction of sp³-hybridized carbons (Fsp3) is 0.333. The lowest BCUT2D eigenvalue weighted by molar-refractivity contribution is -0.120. The second-order valence-corrected chi connectivity index (χ2v) is 6.59. The third-order valence-electron chi connectivity index (χ3n) is 2.98. The average Bonchev–Trinajstić information content (AvgIpc) is 2.96. The summed E-state index contributed by atoms with van der Waals surface area (Å²) in [6.07, 6.45) is 0.242. The number of benzene rings is 1. The maximum atomic E-state index is 12.0. The number of aromatic nitrogens is 1. The Hall–Kier alpha value is -1.18. The summed E-state index contributed by atoms with van der Waals surface area (Å²) in [6, 6.07) is 5.26. The van der Waals surface area contributed by atoms with Crippen LogP contribution >= 0.6 is 34.5 Å². The van der Waals surface area contributed by atoms with Crippen LogP contribution in [0.25, 0.3) is 0 Å². The van der Waals surface area contributed by atoms with E-state index in [1.807, 2.05) is 11.4 Å². The van der Waals surface area contributed by atoms with Crippen LogP contribution in [-0.2, 0) is 24.3 Å². The van der Waals surface area contributed by atoms with Crippen molar-refractivity contribution < 1.29 is 9.90 Å². The summed E-state index contributed by atoms with van der Waals surface area (Å²) in [6.45, 7) is 1.60. The predicted octanol–water partition coefficient (Wildman–Crippen LogP) is 2.39. The highest BCUT2D eigenvalue weighted by molar-refractivity contribution is 7.09. The number of amides is 1. The molecule has 124 valence electrons. The van der Waals surface area contributed by atoms with Gasteiger partial charge in [-0.15, -0.1) is 11.3 Å². The van der Waals surface area contributed by atoms with Gasteiger partial charge in [0, 0.05) is 25.0 Å². The zero-order chi connectivity index (χ0) is 16.7. The first kappa shape index (κ1) is 18.2. The lowest BCUT2D eigenvalue weighted by atomic mass is 10.2. The number of thiazole rings is 1. The largest absolute Gasteiger partial charge is 0.395 e. The molecule has 1 aromatic heterocycles. The smallest absolute Gasteiger partial charge is 0.227 e. The molecule has 0 atom stereocenters. The molecule has 0 spiro atoms. The fourth-order valence-electron chi connectivity index (χ4n) is 1.86. The van der Waals surface area contributed by atoms with E-state index < -0.39 is 0 Å². The number of carbonyl (C=O) groups excluding carboxylic acids is 1. The molecule has 1 aromatic carbocycles. The van der Waals surface area contributed by atoms with Crippen molar-refractivity contribution in [1.29, 1.82) is 0 Å². The molecule has 0 bridgehead atoms. The number of nitrogens with zero attached hydrogens (tertiary/aromatic N) is 1. The maximum Gasteiger partial charge on any atom is 0.227 e. The first-order chi connectivity index (χ1) is 11.1. The van der Waals surface area contributed by atoms with E-state index in [0.29, 0.717) is 29.7 Å². The number of halogens is 2. The minimum absolute atomic E-state index is 0.0914. The molecular weight excluding hydrogens is 357 g/mol. The van der Waals surface area contributed by atoms with Crippen molar-refractivity contribution in [2.75, 3.05) is 13.2 Å². The van der Waals surface area contributed by atoms with Gasteiger partial charge in [-0.3, -0.25) is 4.79 Å². The van der Waals surface area contributed by atoms with Crippen LogP contribution in [-0.4, -0.2) is 29.1 Å². The van der Waals surface area contributed by atoms with E-state index in [-0.39, 0.29) is 18.9 Å². The van der Waals surface area contributed by atoms with Crippen LogP contribution in [0.15, 0.2) is 23.6 Å². The quantitative estimate of drug-likeness (QED) is 0.621. The Labute approximate surface area is 148 Å². The van der Waals surface area contributed by atoms with Crippen LogP contribution in [0.2, 0.25) is 10.0 Å². The second kappa shape index (κ2) is 9.20. The summed E-state index contributed by atoms with van der Waals surface area (Å²) in [7, 11) is 0. The fourth-order valence-corrected chi connectivity index (χ4v) is 2.97. The summed E-state index contributed by atoms with van der Waals surface area (Å²) in [4.78, 5) is 16.3. The highest BCUT2D eigenvalue weighted by Crippen LogP contribution is 2.22. The zero-order valence-electron chi connectivity index (χ0n) is 12.3. The molecule has 0 radical (unpaired) electrons. The summed E-state index contributed by atoms with van der Waals surface area (Å²) in [5.41, 5.74) is 1.76. The van der Waals surface area contributed by atoms with E-state index in [2.05, 4.69) is 15.6 Å². The van der Waals surface area contributed by atoms with Gasteiger partial charge in [0.25, 0.3) is 0 Å². The molecule has 8 heteroatoms. The van der Waals surface area contributed by atoms with Gasteiger partial charge >= 0.3 is 0 Å². The van der Waals surface area contributed by atoms with Crippen LogP contribution in [0.5, 0.6) is 0 Å². The first-order valence-electron chi connectivity index (χ1n) is 7.04. The average molecular weight is 374 g/mol. The first-order valence-corrected chi connectivity index (χ1v) is 8.67. The summed E-state index contributed by atoms with van der Waals surface area (Å²) in [5, 5.41) is 18.2. The molecule has 1 amide bonds. The molecular formula is C15H17Cl2N3O2S. The van der Waals surface area contributed by atoms with E-state index in [4.69, 9.17) is 28.3 Å². The third-order valence-corrected chi connectivity index (χ3v) is 4.62. The Balaban J connectivity index is 1.79. The van der Waals surface area contributed by atoms with Crippen molar-refractivity contribution in [2.24, 2.45) is 0 Å². The van der Waals surface area contributed by atoms with Gasteiger partial charge in [0.15, 0.2) is 0 Å². The van der Waals surface area contributed by atoms with Gasteiger partial charge in [0.2, 0.25) is 5.91 Å². The van der Waals surface area contributed by atoms with Crippen LogP contribution in [0, 0.1) is 0 Å². The highest BCUT2D eigenvalue weighted by Gasteiger charge is 2.08. The zero-order valence-corrected chi connectivity index (χ0v) is 14.6. The van der Waals surface area contributed by atoms with Gasteiger partial charge < -0.3 is 15.7 Å². The van der Waals surface area contributed by atoms with Crippen molar-refractivity contribution in [2.45, 2.75) is 19.5 Å². The van der Waals surface area contributed by atoms with Gasteiger partial charge in [-0.05, 0) is 17.7 Å². The third kappa shape index (κ3) is 6.08. The Morgan fingerprint density at radius 3 is 2.83 bits per heavy atom. The van der Waals surface area contributed by atoms with E-state index in [1.54, 1.807) is 12.1 Å². The molecule has 0 aliphatic rings. The highest BCUT2D eigenvalue weighted by atomic mass is 35.5. The summed E-state index contributed by atoms with van der Waals surface area (Å²) in [5.74, 6) is -0.0970. The van der Waals surface area contributed by atoms with Gasteiger partial charge in [-0.25, -0.2) is 4.98 Å². The molecule has 2 rings (SSSR count). The van der Waals surface area contributed by atoms with E-state index in [9.17, 15) is 4.79 Å². The van der Waals surface area contributed by atoms with Crippen LogP contribution < -0.4 is 10.6 Å². The molecule has 0 fully saturated rings. The molecule has 0 unspecified atom stereocenters. The number of carbonyl (C=O) groups is 1. The molecule has 0 saturated carbocycles. The number of nitrogens with one attached hydrogen (secondary N) is 2. The summed E-state index contributed by atoms with van der Waals surface area (Å²) >= 11 is 13.2. The van der Waals surface area contributed by atoms with Crippen LogP contribution in [0.4, 0.5) is 0 Å². The molecule has 2 aromatic rings. The van der Waals surface area contributed by atoms with Gasteiger partial charge in [-0.2, -0.15) is 0 Å². The molecule has 0 saturated heterocycles.